The molecule has 0 saturated heterocycles. The summed E-state index contributed by atoms with van der Waals surface area (Å²) in [5, 5.41) is 39.2. The highest BCUT2D eigenvalue weighted by Gasteiger charge is 2.01. The van der Waals surface area contributed by atoms with Crippen molar-refractivity contribution in [3.05, 3.63) is 84.1 Å². The topological polar surface area (TPSA) is 116 Å². The zero-order valence-electron chi connectivity index (χ0n) is 13.0. The first-order chi connectivity index (χ1) is 12.1. The fourth-order valence-corrected chi connectivity index (χ4v) is 1.91. The van der Waals surface area contributed by atoms with Crippen molar-refractivity contribution in [3.63, 3.8) is 0 Å². The van der Waals surface area contributed by atoms with Crippen molar-refractivity contribution in [2.75, 3.05) is 0 Å². The third kappa shape index (κ3) is 5.04. The van der Waals surface area contributed by atoms with Crippen LogP contribution in [0.5, 0.6) is 5.75 Å². The van der Waals surface area contributed by atoms with Crippen LogP contribution >= 0.6 is 0 Å². The molecule has 7 nitrogen and oxygen atoms in total. The number of rotatable bonds is 2. The Bertz CT molecular complexity index is 871. The number of phenolic OH excluding ortho intramolecular Hbond substituents is 1. The molecule has 3 aromatic rings. The van der Waals surface area contributed by atoms with Crippen LogP contribution in [0.2, 0.25) is 0 Å². The molecule has 0 fully saturated rings. The summed E-state index contributed by atoms with van der Waals surface area (Å²) in [6.45, 7) is 0. The Morgan fingerprint density at radius 1 is 1.00 bits per heavy atom. The SMILES string of the molecule is N#C/C(=N\O)c1ccc(O)cc1.[O-][n+]1ccc(-c2ccncc2)cc1. The van der Waals surface area contributed by atoms with E-state index >= 15 is 0 Å². The molecule has 7 heteroatoms. The molecule has 25 heavy (non-hydrogen) atoms. The molecule has 124 valence electrons. The van der Waals surface area contributed by atoms with Gasteiger partial charge in [-0.05, 0) is 47.5 Å². The largest absolute Gasteiger partial charge is 0.619 e. The lowest BCUT2D eigenvalue weighted by atomic mass is 10.1. The van der Waals surface area contributed by atoms with Gasteiger partial charge in [-0.15, -0.1) is 0 Å². The number of nitrogens with zero attached hydrogens (tertiary/aromatic N) is 4. The highest BCUT2D eigenvalue weighted by Crippen LogP contribution is 2.15. The Labute approximate surface area is 144 Å². The second kappa shape index (κ2) is 8.64. The van der Waals surface area contributed by atoms with Gasteiger partial charge in [0.25, 0.3) is 0 Å². The van der Waals surface area contributed by atoms with E-state index in [1.54, 1.807) is 30.6 Å². The van der Waals surface area contributed by atoms with Crippen LogP contribution in [-0.2, 0) is 0 Å². The van der Waals surface area contributed by atoms with E-state index in [1.165, 1.54) is 36.7 Å². The summed E-state index contributed by atoms with van der Waals surface area (Å²) >= 11 is 0. The standard InChI is InChI=1S/C10H8N2O.C8H6N2O2/c13-12-7-3-10(4-8-12)9-1-5-11-6-2-9;9-5-8(10-12)6-1-3-7(11)4-2-6/h1-8H;1-4,11-12H/b;10-8+. The van der Waals surface area contributed by atoms with E-state index in [-0.39, 0.29) is 11.5 Å². The number of hydrogen-bond donors (Lipinski definition) is 2. The molecule has 0 atom stereocenters. The summed E-state index contributed by atoms with van der Waals surface area (Å²) in [6.07, 6.45) is 6.42. The number of phenols is 1. The predicted octanol–water partition coefficient (Wildman–Crippen LogP) is 2.48. The quantitative estimate of drug-likeness (QED) is 0.245. The van der Waals surface area contributed by atoms with Crippen molar-refractivity contribution in [3.8, 4) is 22.9 Å². The molecule has 0 bridgehead atoms. The average molecular weight is 334 g/mol. The van der Waals surface area contributed by atoms with Gasteiger partial charge in [0, 0.05) is 30.1 Å². The van der Waals surface area contributed by atoms with Gasteiger partial charge in [0.15, 0.2) is 18.1 Å². The Hall–Kier alpha value is -3.92. The summed E-state index contributed by atoms with van der Waals surface area (Å²) in [4.78, 5) is 3.92. The Morgan fingerprint density at radius 3 is 2.08 bits per heavy atom. The molecule has 0 spiro atoms. The smallest absolute Gasteiger partial charge is 0.186 e. The lowest BCUT2D eigenvalue weighted by Crippen LogP contribution is -2.23. The molecule has 2 N–H and O–H groups in total. The van der Waals surface area contributed by atoms with Crippen molar-refractivity contribution in [2.45, 2.75) is 0 Å². The van der Waals surface area contributed by atoms with Gasteiger partial charge in [0.2, 0.25) is 0 Å². The van der Waals surface area contributed by atoms with E-state index in [1.807, 2.05) is 12.1 Å². The third-order valence-corrected chi connectivity index (χ3v) is 3.16. The molecule has 1 aromatic carbocycles. The van der Waals surface area contributed by atoms with Crippen LogP contribution in [0.3, 0.4) is 0 Å². The van der Waals surface area contributed by atoms with Crippen molar-refractivity contribution in [2.24, 2.45) is 5.16 Å². The van der Waals surface area contributed by atoms with E-state index in [0.29, 0.717) is 5.56 Å². The van der Waals surface area contributed by atoms with Gasteiger partial charge in [0.1, 0.15) is 11.8 Å². The van der Waals surface area contributed by atoms with Crippen LogP contribution in [0.15, 0.2) is 78.5 Å². The van der Waals surface area contributed by atoms with Gasteiger partial charge in [-0.25, -0.2) is 0 Å². The highest BCUT2D eigenvalue weighted by molar-refractivity contribution is 6.11. The molecule has 2 heterocycles. The van der Waals surface area contributed by atoms with Crippen LogP contribution < -0.4 is 4.73 Å². The predicted molar refractivity (Wildman–Crippen MR) is 90.7 cm³/mol. The van der Waals surface area contributed by atoms with Gasteiger partial charge in [0.05, 0.1) is 0 Å². The van der Waals surface area contributed by atoms with Crippen LogP contribution in [0, 0.1) is 16.5 Å². The van der Waals surface area contributed by atoms with Crippen molar-refractivity contribution < 1.29 is 15.0 Å². The van der Waals surface area contributed by atoms with Gasteiger partial charge < -0.3 is 15.5 Å². The first-order valence-corrected chi connectivity index (χ1v) is 7.15. The van der Waals surface area contributed by atoms with E-state index in [4.69, 9.17) is 15.6 Å². The minimum Gasteiger partial charge on any atom is -0.619 e. The van der Waals surface area contributed by atoms with E-state index in [2.05, 4.69) is 10.1 Å². The number of aromatic nitrogens is 2. The van der Waals surface area contributed by atoms with Crippen LogP contribution in [0.25, 0.3) is 11.1 Å². The molecule has 0 radical (unpaired) electrons. The fourth-order valence-electron chi connectivity index (χ4n) is 1.91. The monoisotopic (exact) mass is 334 g/mol. The molecule has 0 aliphatic rings. The molecule has 0 unspecified atom stereocenters. The number of benzene rings is 1. The first kappa shape index (κ1) is 17.4. The highest BCUT2D eigenvalue weighted by atomic mass is 16.5. The number of pyridine rings is 2. The van der Waals surface area contributed by atoms with Crippen LogP contribution in [0.4, 0.5) is 0 Å². The Balaban J connectivity index is 0.000000181. The zero-order valence-corrected chi connectivity index (χ0v) is 13.0. The molecule has 3 rings (SSSR count). The van der Waals surface area contributed by atoms with Crippen molar-refractivity contribution >= 4 is 5.71 Å². The lowest BCUT2D eigenvalue weighted by molar-refractivity contribution is -0.605. The number of aromatic hydroxyl groups is 1. The average Bonchev–Trinajstić information content (AvgIpc) is 2.66. The summed E-state index contributed by atoms with van der Waals surface area (Å²) < 4.78 is 0.769. The Kier molecular flexibility index (Phi) is 6.03. The number of nitriles is 1. The van der Waals surface area contributed by atoms with E-state index in [0.717, 1.165) is 15.9 Å². The molecular weight excluding hydrogens is 320 g/mol. The maximum absolute atomic E-state index is 10.8. The molecular formula is C18H14N4O3. The summed E-state index contributed by atoms with van der Waals surface area (Å²) in [5.41, 5.74) is 2.48. The van der Waals surface area contributed by atoms with Gasteiger partial charge in [-0.1, -0.05) is 5.16 Å². The van der Waals surface area contributed by atoms with E-state index in [9.17, 15) is 5.21 Å². The van der Waals surface area contributed by atoms with Gasteiger partial charge >= 0.3 is 0 Å². The van der Waals surface area contributed by atoms with Gasteiger partial charge in [-0.2, -0.15) is 9.99 Å². The van der Waals surface area contributed by atoms with Gasteiger partial charge in [-0.3, -0.25) is 4.98 Å². The molecule has 0 saturated carbocycles. The zero-order chi connectivity index (χ0) is 18.1. The summed E-state index contributed by atoms with van der Waals surface area (Å²) in [5.74, 6) is 0.106. The number of oxime groups is 1. The normalized spacial score (nSPS) is 10.3. The minimum atomic E-state index is -0.0741. The maximum atomic E-state index is 10.8. The molecule has 0 aliphatic heterocycles. The summed E-state index contributed by atoms with van der Waals surface area (Å²) in [7, 11) is 0. The van der Waals surface area contributed by atoms with Crippen LogP contribution in [0.1, 0.15) is 5.56 Å². The lowest BCUT2D eigenvalue weighted by Gasteiger charge is -1.99. The van der Waals surface area contributed by atoms with E-state index < -0.39 is 0 Å². The van der Waals surface area contributed by atoms with Crippen molar-refractivity contribution in [1.82, 2.24) is 4.98 Å². The second-order valence-corrected chi connectivity index (χ2v) is 4.79. The first-order valence-electron chi connectivity index (χ1n) is 7.15. The fraction of sp³-hybridized carbons (Fsp3) is 0. The Morgan fingerprint density at radius 2 is 1.56 bits per heavy atom. The van der Waals surface area contributed by atoms with Crippen LogP contribution in [-0.4, -0.2) is 21.0 Å². The van der Waals surface area contributed by atoms with Crippen molar-refractivity contribution in [1.29, 1.82) is 5.26 Å². The minimum absolute atomic E-state index is 0.0741. The molecule has 2 aromatic heterocycles. The summed E-state index contributed by atoms with van der Waals surface area (Å²) in [6, 6.07) is 14.9. The number of hydrogen-bond acceptors (Lipinski definition) is 6. The second-order valence-electron chi connectivity index (χ2n) is 4.79. The third-order valence-electron chi connectivity index (χ3n) is 3.16. The molecule has 0 amide bonds. The molecule has 0 aliphatic carbocycles. The maximum Gasteiger partial charge on any atom is 0.186 e.